The number of allylic oxidation sites excluding steroid dienone is 5. The summed E-state index contributed by atoms with van der Waals surface area (Å²) >= 11 is 0. The highest BCUT2D eigenvalue weighted by atomic mass is 16.7. The molecule has 0 aromatic rings. The Morgan fingerprint density at radius 1 is 1.20 bits per heavy atom. The third-order valence-corrected chi connectivity index (χ3v) is 10.1. The SMILES string of the molecule is CO/N=C1\C[C@]2(C[C@H]3C[C@@H](C/C=C(/C)C[C@H](C)/C=C\C=C4\CO[C@@H]5[C@H](O)C(C)=C[C@H](C(=O)O3)[C@]45O)O2)O[C@@H](/C(C)=C/C(C)C)[C@@H]1C. The van der Waals surface area contributed by atoms with Crippen LogP contribution >= 0.6 is 0 Å². The van der Waals surface area contributed by atoms with E-state index >= 15 is 0 Å². The fourth-order valence-corrected chi connectivity index (χ4v) is 7.94. The molecule has 9 heteroatoms. The van der Waals surface area contributed by atoms with Crippen LogP contribution in [-0.4, -0.2) is 77.5 Å². The Bertz CT molecular complexity index is 1340. The highest BCUT2D eigenvalue weighted by molar-refractivity contribution is 5.88. The number of esters is 1. The lowest BCUT2D eigenvalue weighted by molar-refractivity contribution is -0.313. The monoisotopic (exact) mass is 639 g/mol. The van der Waals surface area contributed by atoms with Gasteiger partial charge in [0.15, 0.2) is 5.79 Å². The van der Waals surface area contributed by atoms with Gasteiger partial charge in [-0.2, -0.15) is 0 Å². The van der Waals surface area contributed by atoms with Crippen molar-refractivity contribution in [2.45, 2.75) is 122 Å². The average molecular weight is 640 g/mol. The molecule has 0 unspecified atom stereocenters. The molecule has 1 aliphatic carbocycles. The van der Waals surface area contributed by atoms with Crippen molar-refractivity contribution >= 4 is 11.7 Å². The first-order chi connectivity index (χ1) is 21.8. The fourth-order valence-electron chi connectivity index (χ4n) is 7.94. The van der Waals surface area contributed by atoms with Crippen LogP contribution in [0, 0.1) is 23.7 Å². The molecule has 1 spiro atoms. The number of fused-ring (bicyclic) bond motifs is 2. The molecule has 10 atom stereocenters. The first kappa shape index (κ1) is 34.8. The van der Waals surface area contributed by atoms with Gasteiger partial charge < -0.3 is 34.0 Å². The Hall–Kier alpha value is -2.56. The lowest BCUT2D eigenvalue weighted by atomic mass is 9.71. The van der Waals surface area contributed by atoms with Crippen LogP contribution in [0.2, 0.25) is 0 Å². The summed E-state index contributed by atoms with van der Waals surface area (Å²) in [7, 11) is 1.55. The Morgan fingerprint density at radius 2 is 1.96 bits per heavy atom. The van der Waals surface area contributed by atoms with Gasteiger partial charge in [-0.05, 0) is 62.2 Å². The van der Waals surface area contributed by atoms with Crippen LogP contribution in [-0.2, 0) is 28.6 Å². The number of hydrogen-bond acceptors (Lipinski definition) is 9. The van der Waals surface area contributed by atoms with Gasteiger partial charge >= 0.3 is 5.97 Å². The maximum Gasteiger partial charge on any atom is 0.316 e. The van der Waals surface area contributed by atoms with Crippen LogP contribution in [0.15, 0.2) is 63.9 Å². The van der Waals surface area contributed by atoms with Gasteiger partial charge in [0, 0.05) is 25.2 Å². The van der Waals surface area contributed by atoms with E-state index < -0.39 is 41.6 Å². The number of ether oxygens (including phenoxy) is 4. The number of nitrogens with zero attached hydrogens (tertiary/aromatic N) is 1. The van der Waals surface area contributed by atoms with E-state index in [-0.39, 0.29) is 30.7 Å². The first-order valence-electron chi connectivity index (χ1n) is 16.8. The van der Waals surface area contributed by atoms with Gasteiger partial charge in [-0.25, -0.2) is 0 Å². The van der Waals surface area contributed by atoms with Crippen LogP contribution in [0.5, 0.6) is 0 Å². The summed E-state index contributed by atoms with van der Waals surface area (Å²) in [6, 6.07) is 0. The topological polar surface area (TPSA) is 116 Å². The minimum absolute atomic E-state index is 0.0340. The number of aliphatic hydroxyl groups excluding tert-OH is 1. The standard InChI is InChI=1S/C37H53NO8/c1-21(2)14-25(6)33-26(7)31(38-42-8)19-36(46-33)18-29-17-28(45-36)13-12-23(4)15-22(3)10-9-11-27-20-43-34-32(39)24(5)16-30(35(40)44-29)37(27,34)41/h9-12,14,16,21-22,26,28-30,32-34,39,41H,13,15,17-20H2,1-8H3/b10-9-,23-12-,25-14+,27-11-,38-31+/t22-,26-,28-,29-,30-,32-,33+,34-,36+,37-/m1/s1. The molecular weight excluding hydrogens is 586 g/mol. The van der Waals surface area contributed by atoms with Gasteiger partial charge in [0.05, 0.1) is 24.5 Å². The second kappa shape index (κ2) is 13.9. The van der Waals surface area contributed by atoms with E-state index in [4.69, 9.17) is 23.8 Å². The van der Waals surface area contributed by atoms with Crippen LogP contribution in [0.25, 0.3) is 0 Å². The predicted molar refractivity (Wildman–Crippen MR) is 176 cm³/mol. The van der Waals surface area contributed by atoms with Crippen molar-refractivity contribution in [3.05, 3.63) is 58.7 Å². The first-order valence-corrected chi connectivity index (χ1v) is 16.8. The number of hydrogen-bond donors (Lipinski definition) is 2. The third-order valence-electron chi connectivity index (χ3n) is 10.1. The summed E-state index contributed by atoms with van der Waals surface area (Å²) in [5, 5.41) is 27.6. The summed E-state index contributed by atoms with van der Waals surface area (Å²) < 4.78 is 26.0. The van der Waals surface area contributed by atoms with Gasteiger partial charge in [-0.1, -0.05) is 74.9 Å². The summed E-state index contributed by atoms with van der Waals surface area (Å²) in [5.41, 5.74) is 2.54. The van der Waals surface area contributed by atoms with E-state index in [0.29, 0.717) is 42.7 Å². The summed E-state index contributed by atoms with van der Waals surface area (Å²) in [6.45, 7) is 14.6. The average Bonchev–Trinajstić information content (AvgIpc) is 3.31. The van der Waals surface area contributed by atoms with E-state index in [9.17, 15) is 15.0 Å². The lowest BCUT2D eigenvalue weighted by Crippen LogP contribution is -2.59. The van der Waals surface area contributed by atoms with Gasteiger partial charge in [0.25, 0.3) is 0 Å². The molecule has 0 saturated carbocycles. The number of carbonyl (C=O) groups is 1. The summed E-state index contributed by atoms with van der Waals surface area (Å²) in [5.74, 6) is -2.15. The molecule has 254 valence electrons. The second-order valence-corrected chi connectivity index (χ2v) is 14.5. The molecule has 4 heterocycles. The fraction of sp³-hybridized carbons (Fsp3) is 0.676. The van der Waals surface area contributed by atoms with E-state index in [1.165, 1.54) is 5.57 Å². The van der Waals surface area contributed by atoms with E-state index in [1.807, 2.05) is 12.2 Å². The van der Waals surface area contributed by atoms with Crippen molar-refractivity contribution in [3.8, 4) is 0 Å². The van der Waals surface area contributed by atoms with Crippen molar-refractivity contribution in [3.63, 3.8) is 0 Å². The smallest absolute Gasteiger partial charge is 0.316 e. The molecule has 2 bridgehead atoms. The number of oxime groups is 1. The highest BCUT2D eigenvalue weighted by Crippen LogP contribution is 2.47. The summed E-state index contributed by atoms with van der Waals surface area (Å²) in [6.07, 6.45) is 11.4. The second-order valence-electron chi connectivity index (χ2n) is 14.5. The van der Waals surface area contributed by atoms with Gasteiger partial charge in [-0.3, -0.25) is 4.79 Å². The molecule has 0 radical (unpaired) electrons. The zero-order valence-corrected chi connectivity index (χ0v) is 28.7. The van der Waals surface area contributed by atoms with Crippen LogP contribution in [0.4, 0.5) is 0 Å². The molecule has 0 aromatic heterocycles. The molecule has 46 heavy (non-hydrogen) atoms. The molecule has 5 aliphatic rings. The van der Waals surface area contributed by atoms with Gasteiger partial charge in [-0.15, -0.1) is 0 Å². The molecular formula is C37H53NO8. The third kappa shape index (κ3) is 6.99. The van der Waals surface area contributed by atoms with E-state index in [1.54, 1.807) is 20.1 Å². The van der Waals surface area contributed by atoms with E-state index in [2.05, 4.69) is 64.9 Å². The molecule has 0 amide bonds. The van der Waals surface area contributed by atoms with Crippen molar-refractivity contribution in [2.24, 2.45) is 28.8 Å². The molecule has 2 N–H and O–H groups in total. The van der Waals surface area contributed by atoms with Gasteiger partial charge in [0.1, 0.15) is 36.9 Å². The predicted octanol–water partition coefficient (Wildman–Crippen LogP) is 5.73. The largest absolute Gasteiger partial charge is 0.462 e. The summed E-state index contributed by atoms with van der Waals surface area (Å²) in [4.78, 5) is 19.4. The molecule has 0 aromatic carbocycles. The zero-order valence-electron chi connectivity index (χ0n) is 28.7. The van der Waals surface area contributed by atoms with Crippen LogP contribution in [0.1, 0.15) is 80.6 Å². The van der Waals surface area contributed by atoms with Crippen molar-refractivity contribution in [2.75, 3.05) is 13.7 Å². The van der Waals surface area contributed by atoms with Crippen LogP contribution < -0.4 is 0 Å². The maximum atomic E-state index is 14.2. The number of aliphatic hydroxyl groups is 2. The number of rotatable bonds is 3. The maximum absolute atomic E-state index is 14.2. The Morgan fingerprint density at radius 3 is 2.67 bits per heavy atom. The quantitative estimate of drug-likeness (QED) is 0.229. The van der Waals surface area contributed by atoms with Crippen molar-refractivity contribution in [1.82, 2.24) is 0 Å². The van der Waals surface area contributed by atoms with Crippen molar-refractivity contribution in [1.29, 1.82) is 0 Å². The molecule has 4 aliphatic heterocycles. The number of carbonyl (C=O) groups excluding carboxylic acids is 1. The highest BCUT2D eigenvalue weighted by Gasteiger charge is 2.60. The molecule has 3 fully saturated rings. The van der Waals surface area contributed by atoms with Crippen LogP contribution in [0.3, 0.4) is 0 Å². The van der Waals surface area contributed by atoms with E-state index in [0.717, 1.165) is 17.7 Å². The Balaban J connectivity index is 1.55. The van der Waals surface area contributed by atoms with Crippen molar-refractivity contribution < 1.29 is 38.8 Å². The minimum Gasteiger partial charge on any atom is -0.462 e. The van der Waals surface area contributed by atoms with Gasteiger partial charge in [0.2, 0.25) is 0 Å². The zero-order chi connectivity index (χ0) is 33.4. The normalized spacial score (nSPS) is 44.5. The Labute approximate surface area is 274 Å². The molecule has 9 nitrogen and oxygen atoms in total. The Kier molecular flexibility index (Phi) is 10.5. The molecule has 3 saturated heterocycles. The lowest BCUT2D eigenvalue weighted by Gasteiger charge is -2.50. The minimum atomic E-state index is -1.74. The molecule has 5 rings (SSSR count).